The Hall–Kier alpha value is -3.32. The number of sulfone groups is 1. The normalized spacial score (nSPS) is 13.3. The van der Waals surface area contributed by atoms with Crippen LogP contribution >= 0.6 is 0 Å². The van der Waals surface area contributed by atoms with Gasteiger partial charge in [-0.15, -0.1) is 0 Å². The monoisotopic (exact) mass is 478 g/mol. The molecule has 0 saturated heterocycles. The van der Waals surface area contributed by atoms with Crippen LogP contribution < -0.4 is 9.64 Å². The Morgan fingerprint density at radius 1 is 1.00 bits per heavy atom. The van der Waals surface area contributed by atoms with E-state index < -0.39 is 9.84 Å². The molecule has 3 aromatic rings. The van der Waals surface area contributed by atoms with E-state index in [-0.39, 0.29) is 10.8 Å². The molecule has 4 rings (SSSR count). The van der Waals surface area contributed by atoms with Crippen molar-refractivity contribution in [2.45, 2.75) is 24.3 Å². The van der Waals surface area contributed by atoms with Crippen LogP contribution in [-0.2, 0) is 22.8 Å². The minimum absolute atomic E-state index is 0.0328. The van der Waals surface area contributed by atoms with E-state index in [1.807, 2.05) is 24.3 Å². The van der Waals surface area contributed by atoms with Gasteiger partial charge in [0, 0.05) is 44.2 Å². The summed E-state index contributed by atoms with van der Waals surface area (Å²) in [5.74, 6) is 0.474. The van der Waals surface area contributed by atoms with Crippen LogP contribution in [0.3, 0.4) is 0 Å². The third-order valence-electron chi connectivity index (χ3n) is 6.10. The number of hydrogen-bond acceptors (Lipinski definition) is 5. The first-order valence-electron chi connectivity index (χ1n) is 11.4. The lowest BCUT2D eigenvalue weighted by Gasteiger charge is -2.31. The third-order valence-corrected chi connectivity index (χ3v) is 7.21. The van der Waals surface area contributed by atoms with Crippen molar-refractivity contribution in [2.24, 2.45) is 0 Å². The fraction of sp³-hybridized carbons (Fsp3) is 0.296. The Labute approximate surface area is 201 Å². The van der Waals surface area contributed by atoms with Crippen molar-refractivity contribution in [3.8, 4) is 5.75 Å². The Kier molecular flexibility index (Phi) is 7.22. The Morgan fingerprint density at radius 3 is 2.47 bits per heavy atom. The van der Waals surface area contributed by atoms with Crippen molar-refractivity contribution < 1.29 is 17.9 Å². The van der Waals surface area contributed by atoms with E-state index in [4.69, 9.17) is 4.74 Å². The minimum Gasteiger partial charge on any atom is -0.493 e. The number of rotatable bonds is 8. The van der Waals surface area contributed by atoms with Crippen LogP contribution in [0.5, 0.6) is 5.75 Å². The fourth-order valence-corrected chi connectivity index (χ4v) is 4.80. The molecule has 3 aromatic carbocycles. The molecule has 1 heterocycles. The van der Waals surface area contributed by atoms with Gasteiger partial charge in [0.1, 0.15) is 5.75 Å². The number of fused-ring (bicyclic) bond motifs is 1. The smallest absolute Gasteiger partial charge is 0.253 e. The van der Waals surface area contributed by atoms with Crippen LogP contribution in [0.1, 0.15) is 27.9 Å². The van der Waals surface area contributed by atoms with Crippen molar-refractivity contribution in [3.63, 3.8) is 0 Å². The topological polar surface area (TPSA) is 66.9 Å². The van der Waals surface area contributed by atoms with Crippen LogP contribution in [0.4, 0.5) is 5.69 Å². The summed E-state index contributed by atoms with van der Waals surface area (Å²) in [6, 6.07) is 22.8. The van der Waals surface area contributed by atoms with Gasteiger partial charge in [-0.1, -0.05) is 30.3 Å². The van der Waals surface area contributed by atoms with Gasteiger partial charge in [-0.05, 0) is 66.4 Å². The van der Waals surface area contributed by atoms with E-state index in [0.717, 1.165) is 25.2 Å². The van der Waals surface area contributed by atoms with Crippen molar-refractivity contribution in [2.75, 3.05) is 37.9 Å². The predicted molar refractivity (Wildman–Crippen MR) is 134 cm³/mol. The summed E-state index contributed by atoms with van der Waals surface area (Å²) >= 11 is 0. The summed E-state index contributed by atoms with van der Waals surface area (Å²) in [7, 11) is -1.49. The van der Waals surface area contributed by atoms with Crippen LogP contribution in [0.15, 0.2) is 77.7 Å². The van der Waals surface area contributed by atoms with E-state index >= 15 is 0 Å². The molecule has 0 aromatic heterocycles. The number of benzene rings is 3. The first kappa shape index (κ1) is 23.8. The average Bonchev–Trinajstić information content (AvgIpc) is 2.85. The van der Waals surface area contributed by atoms with Gasteiger partial charge in [0.25, 0.3) is 5.91 Å². The number of ether oxygens (including phenoxy) is 1. The molecule has 0 unspecified atom stereocenters. The Balaban J connectivity index is 1.27. The Bertz CT molecular complexity index is 1260. The summed E-state index contributed by atoms with van der Waals surface area (Å²) < 4.78 is 29.0. The van der Waals surface area contributed by atoms with Gasteiger partial charge in [0.05, 0.1) is 11.5 Å². The van der Waals surface area contributed by atoms with Crippen molar-refractivity contribution >= 4 is 21.4 Å². The second kappa shape index (κ2) is 10.3. The first-order valence-corrected chi connectivity index (χ1v) is 13.3. The highest BCUT2D eigenvalue weighted by atomic mass is 32.2. The third kappa shape index (κ3) is 5.78. The summed E-state index contributed by atoms with van der Waals surface area (Å²) in [6.45, 7) is 2.78. The standard InChI is InChI=1S/C27H30N2O4S/c1-28(16-6-18-33-25-9-5-10-26(19-25)34(2,31)32)27(30)22-11-13-24(14-12-22)29-17-15-21-7-3-4-8-23(21)20-29/h3-5,7-14,19H,6,15-18,20H2,1-2H3. The van der Waals surface area contributed by atoms with Gasteiger partial charge < -0.3 is 14.5 Å². The molecule has 0 atom stereocenters. The molecule has 34 heavy (non-hydrogen) atoms. The summed E-state index contributed by atoms with van der Waals surface area (Å²) in [4.78, 5) is 17.1. The molecule has 0 bridgehead atoms. The summed E-state index contributed by atoms with van der Waals surface area (Å²) in [5, 5.41) is 0. The molecule has 1 aliphatic rings. The van der Waals surface area contributed by atoms with E-state index in [0.29, 0.717) is 30.9 Å². The van der Waals surface area contributed by atoms with Gasteiger partial charge >= 0.3 is 0 Å². The molecule has 0 spiro atoms. The quantitative estimate of drug-likeness (QED) is 0.454. The molecule has 0 aliphatic carbocycles. The minimum atomic E-state index is -3.27. The largest absolute Gasteiger partial charge is 0.493 e. The molecule has 0 fully saturated rings. The number of hydrogen-bond donors (Lipinski definition) is 0. The maximum atomic E-state index is 12.8. The number of amides is 1. The van der Waals surface area contributed by atoms with E-state index in [2.05, 4.69) is 29.2 Å². The summed E-state index contributed by atoms with van der Waals surface area (Å²) in [6.07, 6.45) is 2.83. The number of anilines is 1. The molecule has 0 radical (unpaired) electrons. The van der Waals surface area contributed by atoms with Crippen LogP contribution in [0.2, 0.25) is 0 Å². The zero-order valence-electron chi connectivity index (χ0n) is 19.6. The van der Waals surface area contributed by atoms with Crippen LogP contribution in [0.25, 0.3) is 0 Å². The molecule has 0 saturated carbocycles. The Morgan fingerprint density at radius 2 is 1.74 bits per heavy atom. The van der Waals surface area contributed by atoms with Crippen LogP contribution in [0, 0.1) is 0 Å². The maximum Gasteiger partial charge on any atom is 0.253 e. The molecule has 1 amide bonds. The average molecular weight is 479 g/mol. The summed E-state index contributed by atoms with van der Waals surface area (Å²) in [5.41, 5.74) is 4.56. The molecule has 1 aliphatic heterocycles. The van der Waals surface area contributed by atoms with Crippen molar-refractivity contribution in [3.05, 3.63) is 89.5 Å². The van der Waals surface area contributed by atoms with Gasteiger partial charge in [0.15, 0.2) is 9.84 Å². The molecule has 7 heteroatoms. The lowest BCUT2D eigenvalue weighted by Crippen LogP contribution is -2.30. The molecule has 0 N–H and O–H groups in total. The molecular formula is C27H30N2O4S. The first-order chi connectivity index (χ1) is 16.3. The van der Waals surface area contributed by atoms with Gasteiger partial charge in [0.2, 0.25) is 0 Å². The lowest BCUT2D eigenvalue weighted by molar-refractivity contribution is 0.0788. The van der Waals surface area contributed by atoms with Gasteiger partial charge in [-0.2, -0.15) is 0 Å². The molecular weight excluding hydrogens is 448 g/mol. The van der Waals surface area contributed by atoms with Crippen LogP contribution in [-0.4, -0.2) is 52.2 Å². The predicted octanol–water partition coefficient (Wildman–Crippen LogP) is 4.19. The lowest BCUT2D eigenvalue weighted by atomic mass is 9.99. The SMILES string of the molecule is CN(CCCOc1cccc(S(C)(=O)=O)c1)C(=O)c1ccc(N2CCc3ccccc3C2)cc1. The zero-order valence-corrected chi connectivity index (χ0v) is 20.4. The number of nitrogens with zero attached hydrogens (tertiary/aromatic N) is 2. The highest BCUT2D eigenvalue weighted by Gasteiger charge is 2.17. The highest BCUT2D eigenvalue weighted by molar-refractivity contribution is 7.90. The van der Waals surface area contributed by atoms with E-state index in [1.54, 1.807) is 30.1 Å². The van der Waals surface area contributed by atoms with Crippen molar-refractivity contribution in [1.82, 2.24) is 4.90 Å². The zero-order chi connectivity index (χ0) is 24.1. The van der Waals surface area contributed by atoms with E-state index in [1.165, 1.54) is 23.4 Å². The number of carbonyl (C=O) groups is 1. The van der Waals surface area contributed by atoms with Gasteiger partial charge in [-0.25, -0.2) is 8.42 Å². The highest BCUT2D eigenvalue weighted by Crippen LogP contribution is 2.25. The van der Waals surface area contributed by atoms with E-state index in [9.17, 15) is 13.2 Å². The van der Waals surface area contributed by atoms with Crippen molar-refractivity contribution in [1.29, 1.82) is 0 Å². The number of carbonyl (C=O) groups excluding carboxylic acids is 1. The molecule has 6 nitrogen and oxygen atoms in total. The fourth-order valence-electron chi connectivity index (χ4n) is 4.14. The van der Waals surface area contributed by atoms with Gasteiger partial charge in [-0.3, -0.25) is 4.79 Å². The second-order valence-corrected chi connectivity index (χ2v) is 10.7. The second-order valence-electron chi connectivity index (χ2n) is 8.66. The maximum absolute atomic E-state index is 12.8. The molecule has 178 valence electrons.